The molecule has 2 N–H and O–H groups in total. The van der Waals surface area contributed by atoms with Gasteiger partial charge < -0.3 is 5.32 Å². The molecule has 0 radical (unpaired) electrons. The van der Waals surface area contributed by atoms with E-state index in [-0.39, 0.29) is 11.9 Å². The maximum absolute atomic E-state index is 12.3. The zero-order chi connectivity index (χ0) is 17.5. The van der Waals surface area contributed by atoms with Gasteiger partial charge in [-0.15, -0.1) is 0 Å². The molecule has 126 valence electrons. The summed E-state index contributed by atoms with van der Waals surface area (Å²) in [5, 5.41) is 7.91. The highest BCUT2D eigenvalue weighted by Gasteiger charge is 2.16. The van der Waals surface area contributed by atoms with E-state index >= 15 is 0 Å². The van der Waals surface area contributed by atoms with Crippen LogP contribution in [0.2, 0.25) is 5.02 Å². The normalized spacial score (nSPS) is 12.2. The maximum Gasteiger partial charge on any atom is 0.262 e. The number of carbonyl (C=O) groups is 1. The fraction of sp³-hybridized carbons (Fsp3) is 0.222. The minimum absolute atomic E-state index is 0.172. The van der Waals surface area contributed by atoms with E-state index in [1.165, 1.54) is 3.57 Å². The molecule has 0 spiro atoms. The Morgan fingerprint density at radius 2 is 2.12 bits per heavy atom. The lowest BCUT2D eigenvalue weighted by Crippen LogP contribution is -2.37. The Morgan fingerprint density at radius 3 is 2.79 bits per heavy atom. The second-order valence-electron chi connectivity index (χ2n) is 5.35. The second-order valence-corrected chi connectivity index (χ2v) is 7.04. The highest BCUT2D eigenvalue weighted by Crippen LogP contribution is 2.19. The van der Waals surface area contributed by atoms with Crippen LogP contribution in [0.3, 0.4) is 0 Å². The average Bonchev–Trinajstić information content (AvgIpc) is 2.54. The molecule has 0 unspecified atom stereocenters. The lowest BCUT2D eigenvalue weighted by atomic mass is 10.1. The van der Waals surface area contributed by atoms with Crippen molar-refractivity contribution >= 4 is 52.0 Å². The topological polar surface area (TPSA) is 53.5 Å². The van der Waals surface area contributed by atoms with Crippen molar-refractivity contribution in [1.29, 1.82) is 0 Å². The predicted octanol–water partition coefficient (Wildman–Crippen LogP) is 4.59. The number of rotatable bonds is 6. The van der Waals surface area contributed by atoms with Crippen molar-refractivity contribution in [1.82, 2.24) is 5.43 Å². The summed E-state index contributed by atoms with van der Waals surface area (Å²) in [5.41, 5.74) is 5.47. The van der Waals surface area contributed by atoms with E-state index in [4.69, 9.17) is 11.6 Å². The maximum atomic E-state index is 12.3. The molecule has 0 fully saturated rings. The van der Waals surface area contributed by atoms with Gasteiger partial charge in [0.15, 0.2) is 0 Å². The molecule has 0 saturated carbocycles. The van der Waals surface area contributed by atoms with Crippen LogP contribution in [0, 0.1) is 10.5 Å². The number of benzene rings is 2. The summed E-state index contributed by atoms with van der Waals surface area (Å²) in [6, 6.07) is 13.0. The Labute approximate surface area is 160 Å². The summed E-state index contributed by atoms with van der Waals surface area (Å²) >= 11 is 8.18. The molecule has 24 heavy (non-hydrogen) atoms. The Hall–Kier alpha value is -1.60. The molecule has 0 heterocycles. The molecule has 1 atom stereocenters. The van der Waals surface area contributed by atoms with E-state index in [1.54, 1.807) is 18.3 Å². The molecule has 0 saturated heterocycles. The molecule has 2 aromatic rings. The third kappa shape index (κ3) is 5.49. The van der Waals surface area contributed by atoms with Gasteiger partial charge in [-0.2, -0.15) is 5.10 Å². The minimum Gasteiger partial charge on any atom is -0.373 e. The lowest BCUT2D eigenvalue weighted by molar-refractivity contribution is -0.121. The minimum atomic E-state index is -0.347. The Balaban J connectivity index is 1.98. The number of hydrogen-bond acceptors (Lipinski definition) is 3. The number of hydrazone groups is 1. The lowest BCUT2D eigenvalue weighted by Gasteiger charge is -2.18. The Kier molecular flexibility index (Phi) is 7.05. The molecule has 0 aliphatic carbocycles. The van der Waals surface area contributed by atoms with Gasteiger partial charge in [-0.3, -0.25) is 4.79 Å². The fourth-order valence-electron chi connectivity index (χ4n) is 2.16. The van der Waals surface area contributed by atoms with Crippen molar-refractivity contribution in [2.45, 2.75) is 26.3 Å². The molecule has 0 bridgehead atoms. The fourth-order valence-corrected chi connectivity index (χ4v) is 3.01. The van der Waals surface area contributed by atoms with Gasteiger partial charge in [0.1, 0.15) is 6.04 Å². The Morgan fingerprint density at radius 1 is 1.33 bits per heavy atom. The number of amides is 1. The number of carbonyl (C=O) groups excluding carboxylic acids is 1. The van der Waals surface area contributed by atoms with Crippen LogP contribution < -0.4 is 10.7 Å². The van der Waals surface area contributed by atoms with Crippen LogP contribution in [-0.4, -0.2) is 18.2 Å². The summed E-state index contributed by atoms with van der Waals surface area (Å²) in [6.45, 7) is 3.98. The van der Waals surface area contributed by atoms with E-state index in [0.29, 0.717) is 11.4 Å². The predicted molar refractivity (Wildman–Crippen MR) is 109 cm³/mol. The first-order chi connectivity index (χ1) is 11.5. The number of nitrogens with zero attached hydrogens (tertiary/aromatic N) is 1. The molecule has 0 aliphatic heterocycles. The van der Waals surface area contributed by atoms with E-state index in [2.05, 4.69) is 44.5 Å². The smallest absolute Gasteiger partial charge is 0.262 e. The first-order valence-electron chi connectivity index (χ1n) is 7.60. The number of anilines is 1. The number of nitrogens with one attached hydrogen (secondary N) is 2. The van der Waals surface area contributed by atoms with Crippen LogP contribution in [-0.2, 0) is 4.79 Å². The first kappa shape index (κ1) is 18.7. The van der Waals surface area contributed by atoms with Crippen molar-refractivity contribution in [2.24, 2.45) is 5.10 Å². The molecule has 4 nitrogen and oxygen atoms in total. The molecule has 0 aromatic heterocycles. The van der Waals surface area contributed by atoms with Crippen molar-refractivity contribution in [2.75, 3.05) is 5.32 Å². The van der Waals surface area contributed by atoms with Crippen molar-refractivity contribution < 1.29 is 4.79 Å². The van der Waals surface area contributed by atoms with Gasteiger partial charge in [0, 0.05) is 14.3 Å². The van der Waals surface area contributed by atoms with Gasteiger partial charge in [-0.1, -0.05) is 30.7 Å². The number of hydrogen-bond donors (Lipinski definition) is 2. The number of halogens is 2. The molecule has 2 aromatic carbocycles. The van der Waals surface area contributed by atoms with E-state index in [0.717, 1.165) is 16.8 Å². The van der Waals surface area contributed by atoms with Crippen LogP contribution in [0.1, 0.15) is 24.5 Å². The van der Waals surface area contributed by atoms with Crippen LogP contribution >= 0.6 is 34.2 Å². The summed E-state index contributed by atoms with van der Waals surface area (Å²) in [6.07, 6.45) is 2.23. The molecule has 1 amide bonds. The highest BCUT2D eigenvalue weighted by molar-refractivity contribution is 14.1. The van der Waals surface area contributed by atoms with Gasteiger partial charge in [-0.25, -0.2) is 5.43 Å². The van der Waals surface area contributed by atoms with Crippen molar-refractivity contribution in [3.05, 3.63) is 62.2 Å². The molecule has 6 heteroatoms. The van der Waals surface area contributed by atoms with Gasteiger partial charge in [0.2, 0.25) is 0 Å². The van der Waals surface area contributed by atoms with Gasteiger partial charge in [-0.05, 0) is 77.4 Å². The van der Waals surface area contributed by atoms with Crippen LogP contribution in [0.15, 0.2) is 47.6 Å². The molecule has 2 rings (SSSR count). The third-order valence-corrected chi connectivity index (χ3v) is 4.39. The van der Waals surface area contributed by atoms with Crippen LogP contribution in [0.25, 0.3) is 0 Å². The van der Waals surface area contributed by atoms with Gasteiger partial charge in [0.05, 0.1) is 6.21 Å². The van der Waals surface area contributed by atoms with Crippen LogP contribution in [0.5, 0.6) is 0 Å². The first-order valence-corrected chi connectivity index (χ1v) is 9.06. The summed E-state index contributed by atoms with van der Waals surface area (Å²) in [5.74, 6) is -0.172. The Bertz CT molecular complexity index is 749. The van der Waals surface area contributed by atoms with Crippen LogP contribution in [0.4, 0.5) is 5.69 Å². The van der Waals surface area contributed by atoms with E-state index in [9.17, 15) is 4.79 Å². The summed E-state index contributed by atoms with van der Waals surface area (Å²) in [7, 11) is 0. The van der Waals surface area contributed by atoms with Crippen molar-refractivity contribution in [3.8, 4) is 0 Å². The number of aryl methyl sites for hydroxylation is 1. The van der Waals surface area contributed by atoms with Gasteiger partial charge in [0.25, 0.3) is 5.91 Å². The molecular formula is C18H19ClIN3O. The van der Waals surface area contributed by atoms with E-state index in [1.807, 2.05) is 38.1 Å². The monoisotopic (exact) mass is 455 g/mol. The molecular weight excluding hydrogens is 437 g/mol. The largest absolute Gasteiger partial charge is 0.373 e. The van der Waals surface area contributed by atoms with Crippen molar-refractivity contribution in [3.63, 3.8) is 0 Å². The van der Waals surface area contributed by atoms with Gasteiger partial charge >= 0.3 is 0 Å². The summed E-state index contributed by atoms with van der Waals surface area (Å²) in [4.78, 5) is 12.3. The standard InChI is InChI=1S/C18H19ClIN3O/c1-3-16(22-17-8-7-15(20)9-12(17)2)18(24)23-21-11-13-5-4-6-14(19)10-13/h4-11,16,22H,3H2,1-2H3,(H,23,24)/b21-11-/t16-/m1/s1. The third-order valence-electron chi connectivity index (χ3n) is 3.48. The summed E-state index contributed by atoms with van der Waals surface area (Å²) < 4.78 is 1.17. The SMILES string of the molecule is CC[C@@H](Nc1ccc(I)cc1C)C(=O)N/N=C\c1cccc(Cl)c1. The van der Waals surface area contributed by atoms with E-state index < -0.39 is 0 Å². The zero-order valence-corrected chi connectivity index (χ0v) is 16.4. The quantitative estimate of drug-likeness (QED) is 0.380. The average molecular weight is 456 g/mol. The highest BCUT2D eigenvalue weighted by atomic mass is 127. The second kappa shape index (κ2) is 9.03. The molecule has 0 aliphatic rings. The zero-order valence-electron chi connectivity index (χ0n) is 13.5.